The lowest BCUT2D eigenvalue weighted by Crippen LogP contribution is -2.32. The fourth-order valence-corrected chi connectivity index (χ4v) is 2.59. The molecule has 0 aromatic heterocycles. The van der Waals surface area contributed by atoms with E-state index in [4.69, 9.17) is 0 Å². The molecule has 0 aliphatic carbocycles. The van der Waals surface area contributed by atoms with Gasteiger partial charge >= 0.3 is 0 Å². The molecule has 2 aromatic carbocycles. The Labute approximate surface area is 140 Å². The first-order chi connectivity index (χ1) is 11.5. The molecule has 0 spiro atoms. The summed E-state index contributed by atoms with van der Waals surface area (Å²) in [6.45, 7) is 3.93. The molecular formula is C19H18N2O3. The minimum atomic E-state index is -0.340. The molecule has 1 N–H and O–H groups in total. The normalized spacial score (nSPS) is 14.5. The number of imide groups is 1. The van der Waals surface area contributed by atoms with E-state index in [-0.39, 0.29) is 23.8 Å². The summed E-state index contributed by atoms with van der Waals surface area (Å²) in [4.78, 5) is 38.1. The third-order valence-electron chi connectivity index (χ3n) is 4.17. The van der Waals surface area contributed by atoms with Crippen LogP contribution in [0.15, 0.2) is 48.5 Å². The summed E-state index contributed by atoms with van der Waals surface area (Å²) in [6.07, 6.45) is 0.846. The second-order valence-electron chi connectivity index (χ2n) is 5.82. The Hall–Kier alpha value is -2.95. The van der Waals surface area contributed by atoms with Crippen molar-refractivity contribution in [2.75, 3.05) is 4.90 Å². The Morgan fingerprint density at radius 3 is 2.04 bits per heavy atom. The Bertz CT molecular complexity index is 777. The van der Waals surface area contributed by atoms with Crippen LogP contribution >= 0.6 is 0 Å². The number of carbonyl (C=O) groups excluding carboxylic acids is 3. The van der Waals surface area contributed by atoms with Crippen molar-refractivity contribution >= 4 is 23.4 Å². The van der Waals surface area contributed by atoms with E-state index in [1.165, 1.54) is 0 Å². The standard InChI is InChI=1S/C19H18N2O3/c1-3-12(2)20-17(22)13-8-10-14(11-9-13)21-18(23)15-6-4-5-7-16(15)19(21)24/h4-12H,3H2,1-2H3,(H,20,22). The van der Waals surface area contributed by atoms with Crippen LogP contribution in [0.25, 0.3) is 0 Å². The highest BCUT2D eigenvalue weighted by atomic mass is 16.2. The molecule has 1 unspecified atom stereocenters. The molecule has 3 rings (SSSR count). The first kappa shape index (κ1) is 15.9. The first-order valence-corrected chi connectivity index (χ1v) is 7.91. The number of anilines is 1. The second-order valence-corrected chi connectivity index (χ2v) is 5.82. The molecule has 1 heterocycles. The van der Waals surface area contributed by atoms with Crippen molar-refractivity contribution in [3.63, 3.8) is 0 Å². The molecule has 1 aliphatic rings. The van der Waals surface area contributed by atoms with Gasteiger partial charge in [0.25, 0.3) is 17.7 Å². The first-order valence-electron chi connectivity index (χ1n) is 7.91. The molecule has 0 saturated heterocycles. The van der Waals surface area contributed by atoms with Crippen LogP contribution in [0.4, 0.5) is 5.69 Å². The third-order valence-corrected chi connectivity index (χ3v) is 4.17. The zero-order valence-corrected chi connectivity index (χ0v) is 13.6. The van der Waals surface area contributed by atoms with E-state index in [9.17, 15) is 14.4 Å². The molecule has 3 amide bonds. The van der Waals surface area contributed by atoms with Crippen LogP contribution in [-0.2, 0) is 0 Å². The van der Waals surface area contributed by atoms with E-state index in [1.807, 2.05) is 13.8 Å². The van der Waals surface area contributed by atoms with Crippen molar-refractivity contribution < 1.29 is 14.4 Å². The lowest BCUT2D eigenvalue weighted by atomic mass is 10.1. The molecule has 2 aromatic rings. The molecule has 24 heavy (non-hydrogen) atoms. The molecule has 122 valence electrons. The summed E-state index contributed by atoms with van der Waals surface area (Å²) in [5, 5.41) is 2.88. The predicted molar refractivity (Wildman–Crippen MR) is 91.2 cm³/mol. The van der Waals surface area contributed by atoms with Gasteiger partial charge in [0.05, 0.1) is 16.8 Å². The van der Waals surface area contributed by atoms with E-state index < -0.39 is 0 Å². The zero-order chi connectivity index (χ0) is 17.3. The van der Waals surface area contributed by atoms with Gasteiger partial charge in [-0.25, -0.2) is 4.90 Å². The summed E-state index contributed by atoms with van der Waals surface area (Å²) >= 11 is 0. The quantitative estimate of drug-likeness (QED) is 0.880. The van der Waals surface area contributed by atoms with E-state index >= 15 is 0 Å². The number of amides is 3. The van der Waals surface area contributed by atoms with E-state index in [2.05, 4.69) is 5.32 Å². The maximum Gasteiger partial charge on any atom is 0.266 e. The Kier molecular flexibility index (Phi) is 4.16. The summed E-state index contributed by atoms with van der Waals surface area (Å²) in [5.74, 6) is -0.849. The van der Waals surface area contributed by atoms with Gasteiger partial charge in [-0.3, -0.25) is 14.4 Å². The van der Waals surface area contributed by atoms with Crippen molar-refractivity contribution in [1.82, 2.24) is 5.32 Å². The molecule has 5 heteroatoms. The van der Waals surface area contributed by atoms with Gasteiger partial charge in [0.15, 0.2) is 0 Å². The smallest absolute Gasteiger partial charge is 0.266 e. The van der Waals surface area contributed by atoms with Gasteiger partial charge in [0.2, 0.25) is 0 Å². The van der Waals surface area contributed by atoms with Crippen molar-refractivity contribution in [1.29, 1.82) is 0 Å². The molecule has 0 radical (unpaired) electrons. The van der Waals surface area contributed by atoms with Crippen LogP contribution in [0.5, 0.6) is 0 Å². The molecule has 1 atom stereocenters. The largest absolute Gasteiger partial charge is 0.350 e. The minimum absolute atomic E-state index is 0.0911. The van der Waals surface area contributed by atoms with Gasteiger partial charge in [-0.15, -0.1) is 0 Å². The van der Waals surface area contributed by atoms with Crippen LogP contribution in [0.1, 0.15) is 51.3 Å². The van der Waals surface area contributed by atoms with Gasteiger partial charge < -0.3 is 5.32 Å². The fourth-order valence-electron chi connectivity index (χ4n) is 2.59. The number of nitrogens with zero attached hydrogens (tertiary/aromatic N) is 1. The van der Waals surface area contributed by atoms with Gasteiger partial charge in [-0.2, -0.15) is 0 Å². The van der Waals surface area contributed by atoms with Crippen molar-refractivity contribution in [2.45, 2.75) is 26.3 Å². The average Bonchev–Trinajstić information content (AvgIpc) is 2.86. The number of carbonyl (C=O) groups is 3. The highest BCUT2D eigenvalue weighted by molar-refractivity contribution is 6.34. The van der Waals surface area contributed by atoms with Gasteiger partial charge in [-0.05, 0) is 49.7 Å². The number of fused-ring (bicyclic) bond motifs is 1. The highest BCUT2D eigenvalue weighted by Gasteiger charge is 2.36. The molecular weight excluding hydrogens is 304 g/mol. The SMILES string of the molecule is CCC(C)NC(=O)c1ccc(N2C(=O)c3ccccc3C2=O)cc1. The number of hydrogen-bond acceptors (Lipinski definition) is 3. The molecule has 0 fully saturated rings. The maximum absolute atomic E-state index is 12.4. The molecule has 0 bridgehead atoms. The topological polar surface area (TPSA) is 66.5 Å². The predicted octanol–water partition coefficient (Wildman–Crippen LogP) is 3.02. The fraction of sp³-hybridized carbons (Fsp3) is 0.211. The highest BCUT2D eigenvalue weighted by Crippen LogP contribution is 2.28. The average molecular weight is 322 g/mol. The Morgan fingerprint density at radius 2 is 1.54 bits per heavy atom. The van der Waals surface area contributed by atoms with Gasteiger partial charge in [0.1, 0.15) is 0 Å². The minimum Gasteiger partial charge on any atom is -0.350 e. The van der Waals surface area contributed by atoms with Crippen LogP contribution in [-0.4, -0.2) is 23.8 Å². The monoisotopic (exact) mass is 322 g/mol. The Balaban J connectivity index is 1.84. The number of benzene rings is 2. The second kappa shape index (κ2) is 6.28. The number of nitrogens with one attached hydrogen (secondary N) is 1. The van der Waals surface area contributed by atoms with E-state index in [1.54, 1.807) is 48.5 Å². The van der Waals surface area contributed by atoms with E-state index in [0.29, 0.717) is 22.4 Å². The van der Waals surface area contributed by atoms with Crippen molar-refractivity contribution in [3.8, 4) is 0 Å². The molecule has 5 nitrogen and oxygen atoms in total. The summed E-state index contributed by atoms with van der Waals surface area (Å²) in [5.41, 5.74) is 1.76. The third kappa shape index (κ3) is 2.69. The maximum atomic E-state index is 12.4. The van der Waals surface area contributed by atoms with Crippen LogP contribution < -0.4 is 10.2 Å². The lowest BCUT2D eigenvalue weighted by Gasteiger charge is -2.15. The number of hydrogen-bond donors (Lipinski definition) is 1. The lowest BCUT2D eigenvalue weighted by molar-refractivity contribution is 0.0921. The summed E-state index contributed by atoms with van der Waals surface area (Å²) < 4.78 is 0. The van der Waals surface area contributed by atoms with Gasteiger partial charge in [0, 0.05) is 11.6 Å². The summed E-state index contributed by atoms with van der Waals surface area (Å²) in [6, 6.07) is 13.3. The van der Waals surface area contributed by atoms with E-state index in [0.717, 1.165) is 11.3 Å². The Morgan fingerprint density at radius 1 is 1.00 bits per heavy atom. The van der Waals surface area contributed by atoms with Crippen LogP contribution in [0, 0.1) is 0 Å². The molecule has 1 aliphatic heterocycles. The zero-order valence-electron chi connectivity index (χ0n) is 13.6. The summed E-state index contributed by atoms with van der Waals surface area (Å²) in [7, 11) is 0. The van der Waals surface area contributed by atoms with Crippen molar-refractivity contribution in [3.05, 3.63) is 65.2 Å². The van der Waals surface area contributed by atoms with Crippen LogP contribution in [0.2, 0.25) is 0 Å². The van der Waals surface area contributed by atoms with Crippen LogP contribution in [0.3, 0.4) is 0 Å². The van der Waals surface area contributed by atoms with Gasteiger partial charge in [-0.1, -0.05) is 19.1 Å². The van der Waals surface area contributed by atoms with Crippen molar-refractivity contribution in [2.24, 2.45) is 0 Å². The number of rotatable bonds is 4. The molecule has 0 saturated carbocycles.